The minimum atomic E-state index is 0.125. The number of alkyl halides is 1. The Morgan fingerprint density at radius 2 is 2.00 bits per heavy atom. The second-order valence-corrected chi connectivity index (χ2v) is 5.25. The number of halogens is 1. The first-order valence-corrected chi connectivity index (χ1v) is 7.29. The third-order valence-electron chi connectivity index (χ3n) is 3.44. The number of carbonyl (C=O) groups excluding carboxylic acids is 1. The van der Waals surface area contributed by atoms with Crippen LogP contribution in [-0.2, 0) is 11.2 Å². The van der Waals surface area contributed by atoms with Crippen molar-refractivity contribution >= 4 is 17.5 Å². The molecule has 1 aromatic carbocycles. The minimum Gasteiger partial charge on any atom is -0.493 e. The average molecular weight is 298 g/mol. The number of ether oxygens (including phenoxy) is 2. The van der Waals surface area contributed by atoms with Gasteiger partial charge in [0, 0.05) is 18.5 Å². The molecule has 0 radical (unpaired) electrons. The van der Waals surface area contributed by atoms with Crippen molar-refractivity contribution < 1.29 is 14.3 Å². The van der Waals surface area contributed by atoms with Crippen LogP contribution in [0.3, 0.4) is 0 Å². The molecule has 4 nitrogen and oxygen atoms in total. The third-order valence-corrected chi connectivity index (χ3v) is 3.61. The van der Waals surface area contributed by atoms with Crippen LogP contribution in [-0.4, -0.2) is 43.5 Å². The standard InChI is InChI=1S/C15H20ClNO3/c1-19-13-6-3-11(9-14(13)20-2)10-15(18)17(8-7-16)12-4-5-12/h3,6,9,12H,4-5,7-8,10H2,1-2H3. The van der Waals surface area contributed by atoms with Crippen LogP contribution in [0.1, 0.15) is 18.4 Å². The summed E-state index contributed by atoms with van der Waals surface area (Å²) in [5.74, 6) is 1.92. The van der Waals surface area contributed by atoms with E-state index in [-0.39, 0.29) is 5.91 Å². The molecule has 0 atom stereocenters. The van der Waals surface area contributed by atoms with Crippen LogP contribution in [0.5, 0.6) is 11.5 Å². The SMILES string of the molecule is COc1ccc(CC(=O)N(CCCl)C2CC2)cc1OC. The van der Waals surface area contributed by atoms with E-state index in [9.17, 15) is 4.79 Å². The number of benzene rings is 1. The van der Waals surface area contributed by atoms with Crippen molar-refractivity contribution in [3.05, 3.63) is 23.8 Å². The zero-order chi connectivity index (χ0) is 14.5. The summed E-state index contributed by atoms with van der Waals surface area (Å²) in [7, 11) is 3.19. The predicted octanol–water partition coefficient (Wildman–Crippen LogP) is 2.48. The summed E-state index contributed by atoms with van der Waals surface area (Å²) in [5, 5.41) is 0. The fourth-order valence-electron chi connectivity index (χ4n) is 2.25. The molecule has 0 aliphatic heterocycles. The summed E-state index contributed by atoms with van der Waals surface area (Å²) in [5.41, 5.74) is 0.924. The molecule has 1 fully saturated rings. The highest BCUT2D eigenvalue weighted by atomic mass is 35.5. The second kappa shape index (κ2) is 6.84. The van der Waals surface area contributed by atoms with Crippen LogP contribution in [0.4, 0.5) is 0 Å². The smallest absolute Gasteiger partial charge is 0.227 e. The molecule has 0 unspecified atom stereocenters. The van der Waals surface area contributed by atoms with Crippen molar-refractivity contribution in [2.24, 2.45) is 0 Å². The molecule has 110 valence electrons. The predicted molar refractivity (Wildman–Crippen MR) is 78.7 cm³/mol. The van der Waals surface area contributed by atoms with E-state index < -0.39 is 0 Å². The van der Waals surface area contributed by atoms with Gasteiger partial charge in [-0.2, -0.15) is 0 Å². The van der Waals surface area contributed by atoms with Gasteiger partial charge < -0.3 is 14.4 Å². The number of nitrogens with zero attached hydrogens (tertiary/aromatic N) is 1. The largest absolute Gasteiger partial charge is 0.493 e. The van der Waals surface area contributed by atoms with Crippen molar-refractivity contribution in [1.29, 1.82) is 0 Å². The zero-order valence-corrected chi connectivity index (χ0v) is 12.7. The van der Waals surface area contributed by atoms with E-state index in [1.165, 1.54) is 0 Å². The van der Waals surface area contributed by atoms with E-state index in [2.05, 4.69) is 0 Å². The van der Waals surface area contributed by atoms with Gasteiger partial charge in [0.15, 0.2) is 11.5 Å². The Balaban J connectivity index is 2.06. The maximum Gasteiger partial charge on any atom is 0.227 e. The van der Waals surface area contributed by atoms with Gasteiger partial charge >= 0.3 is 0 Å². The van der Waals surface area contributed by atoms with Crippen molar-refractivity contribution in [2.45, 2.75) is 25.3 Å². The maximum atomic E-state index is 12.3. The van der Waals surface area contributed by atoms with Gasteiger partial charge in [-0.15, -0.1) is 11.6 Å². The van der Waals surface area contributed by atoms with Crippen LogP contribution in [0.15, 0.2) is 18.2 Å². The van der Waals surface area contributed by atoms with E-state index in [0.717, 1.165) is 18.4 Å². The Morgan fingerprint density at radius 1 is 1.30 bits per heavy atom. The monoisotopic (exact) mass is 297 g/mol. The first-order chi connectivity index (χ1) is 9.69. The van der Waals surface area contributed by atoms with E-state index >= 15 is 0 Å². The summed E-state index contributed by atoms with van der Waals surface area (Å²) in [4.78, 5) is 14.2. The van der Waals surface area contributed by atoms with Gasteiger partial charge in [0.25, 0.3) is 0 Å². The zero-order valence-electron chi connectivity index (χ0n) is 11.9. The highest BCUT2D eigenvalue weighted by molar-refractivity contribution is 6.18. The number of hydrogen-bond acceptors (Lipinski definition) is 3. The molecular formula is C15H20ClNO3. The second-order valence-electron chi connectivity index (χ2n) is 4.87. The Morgan fingerprint density at radius 3 is 2.55 bits per heavy atom. The van der Waals surface area contributed by atoms with Crippen molar-refractivity contribution in [3.63, 3.8) is 0 Å². The molecule has 5 heteroatoms. The summed E-state index contributed by atoms with van der Waals surface area (Å²) in [6, 6.07) is 5.96. The lowest BCUT2D eigenvalue weighted by Crippen LogP contribution is -2.35. The molecule has 2 rings (SSSR count). The highest BCUT2D eigenvalue weighted by Gasteiger charge is 2.31. The van der Waals surface area contributed by atoms with Gasteiger partial charge in [-0.05, 0) is 30.5 Å². The molecule has 1 aromatic rings. The number of methoxy groups -OCH3 is 2. The normalized spacial score (nSPS) is 13.9. The lowest BCUT2D eigenvalue weighted by atomic mass is 10.1. The molecule has 0 spiro atoms. The van der Waals surface area contributed by atoms with Crippen LogP contribution >= 0.6 is 11.6 Å². The van der Waals surface area contributed by atoms with Gasteiger partial charge in [-0.25, -0.2) is 0 Å². The van der Waals surface area contributed by atoms with Crippen LogP contribution < -0.4 is 9.47 Å². The molecule has 1 amide bonds. The van der Waals surface area contributed by atoms with Gasteiger partial charge in [0.1, 0.15) is 0 Å². The number of hydrogen-bond donors (Lipinski definition) is 0. The van der Waals surface area contributed by atoms with Crippen molar-refractivity contribution in [1.82, 2.24) is 4.90 Å². The molecule has 0 N–H and O–H groups in total. The van der Waals surface area contributed by atoms with E-state index in [1.54, 1.807) is 14.2 Å². The lowest BCUT2D eigenvalue weighted by Gasteiger charge is -2.21. The highest BCUT2D eigenvalue weighted by Crippen LogP contribution is 2.30. The van der Waals surface area contributed by atoms with Crippen LogP contribution in [0.25, 0.3) is 0 Å². The van der Waals surface area contributed by atoms with E-state index in [0.29, 0.717) is 36.4 Å². The summed E-state index contributed by atoms with van der Waals surface area (Å²) in [6.45, 7) is 0.623. The quantitative estimate of drug-likeness (QED) is 0.726. The van der Waals surface area contributed by atoms with E-state index in [4.69, 9.17) is 21.1 Å². The molecule has 20 heavy (non-hydrogen) atoms. The van der Waals surface area contributed by atoms with Crippen LogP contribution in [0.2, 0.25) is 0 Å². The van der Waals surface area contributed by atoms with Crippen molar-refractivity contribution in [2.75, 3.05) is 26.6 Å². The summed E-state index contributed by atoms with van der Waals surface area (Å²) in [6.07, 6.45) is 2.55. The molecular weight excluding hydrogens is 278 g/mol. The average Bonchev–Trinajstić information content (AvgIpc) is 3.28. The summed E-state index contributed by atoms with van der Waals surface area (Å²) >= 11 is 5.77. The molecule has 1 aliphatic carbocycles. The first-order valence-electron chi connectivity index (χ1n) is 6.76. The maximum absolute atomic E-state index is 12.3. The fraction of sp³-hybridized carbons (Fsp3) is 0.533. The Hall–Kier alpha value is -1.42. The fourth-order valence-corrected chi connectivity index (χ4v) is 2.44. The lowest BCUT2D eigenvalue weighted by molar-refractivity contribution is -0.130. The number of carbonyl (C=O) groups is 1. The molecule has 0 aromatic heterocycles. The van der Waals surface area contributed by atoms with E-state index in [1.807, 2.05) is 23.1 Å². The summed E-state index contributed by atoms with van der Waals surface area (Å²) < 4.78 is 10.4. The van der Waals surface area contributed by atoms with Gasteiger partial charge in [-0.3, -0.25) is 4.79 Å². The minimum absolute atomic E-state index is 0.125. The Kier molecular flexibility index (Phi) is 5.12. The van der Waals surface area contributed by atoms with Crippen LogP contribution in [0, 0.1) is 0 Å². The molecule has 0 bridgehead atoms. The third kappa shape index (κ3) is 3.57. The Labute approximate surface area is 124 Å². The number of amides is 1. The number of rotatable bonds is 7. The van der Waals surface area contributed by atoms with Gasteiger partial charge in [-0.1, -0.05) is 6.07 Å². The van der Waals surface area contributed by atoms with Gasteiger partial charge in [0.05, 0.1) is 20.6 Å². The Bertz CT molecular complexity index is 474. The van der Waals surface area contributed by atoms with Gasteiger partial charge in [0.2, 0.25) is 5.91 Å². The molecule has 0 saturated heterocycles. The molecule has 1 saturated carbocycles. The molecule has 1 aliphatic rings. The topological polar surface area (TPSA) is 38.8 Å². The van der Waals surface area contributed by atoms with Crippen molar-refractivity contribution in [3.8, 4) is 11.5 Å². The molecule has 0 heterocycles. The first kappa shape index (κ1) is 15.0.